The largest absolute Gasteiger partial charge is 0.326 e. The number of hydrogen-bond donors (Lipinski definition) is 2. The van der Waals surface area contributed by atoms with Crippen LogP contribution in [-0.2, 0) is 11.3 Å². The first-order chi connectivity index (χ1) is 10.1. The summed E-state index contributed by atoms with van der Waals surface area (Å²) in [5, 5.41) is 2.99. The third-order valence-corrected chi connectivity index (χ3v) is 4.21. The van der Waals surface area contributed by atoms with E-state index in [1.807, 2.05) is 31.2 Å². The molecule has 1 heterocycles. The lowest BCUT2D eigenvalue weighted by Gasteiger charge is -2.36. The van der Waals surface area contributed by atoms with Crippen LogP contribution in [0, 0.1) is 0 Å². The molecule has 1 unspecified atom stereocenters. The van der Waals surface area contributed by atoms with Gasteiger partial charge in [0, 0.05) is 38.4 Å². The number of rotatable bonds is 5. The highest BCUT2D eigenvalue weighted by atomic mass is 16.2. The van der Waals surface area contributed by atoms with Gasteiger partial charge >= 0.3 is 0 Å². The normalized spacial score (nSPS) is 18.4. The molecule has 1 saturated heterocycles. The van der Waals surface area contributed by atoms with Crippen molar-refractivity contribution in [3.63, 3.8) is 0 Å². The highest BCUT2D eigenvalue weighted by Gasteiger charge is 2.24. The average molecular weight is 290 g/mol. The summed E-state index contributed by atoms with van der Waals surface area (Å²) in [6.07, 6.45) is 0. The van der Waals surface area contributed by atoms with Crippen LogP contribution in [0.1, 0.15) is 19.4 Å². The zero-order chi connectivity index (χ0) is 15.2. The van der Waals surface area contributed by atoms with Crippen LogP contribution in [0.4, 0.5) is 5.69 Å². The molecule has 5 nitrogen and oxygen atoms in total. The maximum Gasteiger partial charge on any atom is 0.241 e. The van der Waals surface area contributed by atoms with Crippen LogP contribution < -0.4 is 11.1 Å². The summed E-state index contributed by atoms with van der Waals surface area (Å²) in [7, 11) is 0. The van der Waals surface area contributed by atoms with Gasteiger partial charge in [-0.15, -0.1) is 0 Å². The molecule has 1 aliphatic rings. The van der Waals surface area contributed by atoms with Crippen molar-refractivity contribution in [2.45, 2.75) is 26.4 Å². The fraction of sp³-hybridized carbons (Fsp3) is 0.562. The monoisotopic (exact) mass is 290 g/mol. The topological polar surface area (TPSA) is 61.6 Å². The van der Waals surface area contributed by atoms with Crippen LogP contribution in [0.3, 0.4) is 0 Å². The molecule has 1 amide bonds. The van der Waals surface area contributed by atoms with Crippen LogP contribution in [-0.4, -0.2) is 54.5 Å². The highest BCUT2D eigenvalue weighted by molar-refractivity contribution is 5.94. The Labute approximate surface area is 127 Å². The Bertz CT molecular complexity index is 469. The van der Waals surface area contributed by atoms with E-state index in [1.54, 1.807) is 0 Å². The van der Waals surface area contributed by atoms with E-state index in [0.717, 1.165) is 44.0 Å². The second kappa shape index (κ2) is 7.54. The molecule has 1 fully saturated rings. The summed E-state index contributed by atoms with van der Waals surface area (Å²) >= 11 is 0. The lowest BCUT2D eigenvalue weighted by atomic mass is 10.1. The van der Waals surface area contributed by atoms with Crippen molar-refractivity contribution < 1.29 is 4.79 Å². The molecule has 21 heavy (non-hydrogen) atoms. The summed E-state index contributed by atoms with van der Waals surface area (Å²) < 4.78 is 0. The standard InChI is InChI=1S/C16H26N4O/c1-3-19-7-9-20(10-8-19)13(2)16(21)18-15-6-4-5-14(11-15)12-17/h4-6,11,13H,3,7-10,12,17H2,1-2H3,(H,18,21). The molecule has 1 atom stereocenters. The van der Waals surface area contributed by atoms with Crippen LogP contribution in [0.2, 0.25) is 0 Å². The average Bonchev–Trinajstić information content (AvgIpc) is 2.54. The fourth-order valence-corrected chi connectivity index (χ4v) is 2.66. The molecule has 1 aromatic rings. The molecule has 0 radical (unpaired) electrons. The SMILES string of the molecule is CCN1CCN(C(C)C(=O)Nc2cccc(CN)c2)CC1. The van der Waals surface area contributed by atoms with Gasteiger partial charge in [-0.3, -0.25) is 9.69 Å². The van der Waals surface area contributed by atoms with Gasteiger partial charge in [-0.1, -0.05) is 19.1 Å². The summed E-state index contributed by atoms with van der Waals surface area (Å²) in [5.74, 6) is 0.0501. The third kappa shape index (κ3) is 4.27. The van der Waals surface area contributed by atoms with Crippen molar-refractivity contribution in [1.29, 1.82) is 0 Å². The smallest absolute Gasteiger partial charge is 0.241 e. The van der Waals surface area contributed by atoms with Gasteiger partial charge in [0.1, 0.15) is 0 Å². The van der Waals surface area contributed by atoms with Gasteiger partial charge in [-0.05, 0) is 31.2 Å². The minimum Gasteiger partial charge on any atom is -0.326 e. The Balaban J connectivity index is 1.90. The predicted octanol–water partition coefficient (Wildman–Crippen LogP) is 1.11. The van der Waals surface area contributed by atoms with Crippen molar-refractivity contribution in [2.75, 3.05) is 38.0 Å². The van der Waals surface area contributed by atoms with E-state index >= 15 is 0 Å². The fourth-order valence-electron chi connectivity index (χ4n) is 2.66. The number of nitrogens with one attached hydrogen (secondary N) is 1. The molecule has 2 rings (SSSR count). The van der Waals surface area contributed by atoms with Crippen molar-refractivity contribution in [2.24, 2.45) is 5.73 Å². The number of benzene rings is 1. The summed E-state index contributed by atoms with van der Waals surface area (Å²) in [6, 6.07) is 7.61. The zero-order valence-electron chi connectivity index (χ0n) is 13.0. The lowest BCUT2D eigenvalue weighted by molar-refractivity contribution is -0.121. The van der Waals surface area contributed by atoms with Gasteiger partial charge in [0.15, 0.2) is 0 Å². The Morgan fingerprint density at radius 3 is 2.67 bits per heavy atom. The second-order valence-corrected chi connectivity index (χ2v) is 5.54. The van der Waals surface area contributed by atoms with Gasteiger partial charge in [0.2, 0.25) is 5.91 Å². The quantitative estimate of drug-likeness (QED) is 0.853. The number of anilines is 1. The molecule has 0 aliphatic carbocycles. The number of likely N-dealkylation sites (N-methyl/N-ethyl adjacent to an activating group) is 1. The molecule has 0 spiro atoms. The summed E-state index contributed by atoms with van der Waals surface area (Å²) in [6.45, 7) is 9.70. The minimum atomic E-state index is -0.106. The van der Waals surface area contributed by atoms with Crippen molar-refractivity contribution in [3.8, 4) is 0 Å². The van der Waals surface area contributed by atoms with Gasteiger partial charge in [0.25, 0.3) is 0 Å². The molecular formula is C16H26N4O. The van der Waals surface area contributed by atoms with E-state index in [0.29, 0.717) is 6.54 Å². The first kappa shape index (κ1) is 15.9. The maximum absolute atomic E-state index is 12.4. The minimum absolute atomic E-state index is 0.0501. The Morgan fingerprint density at radius 2 is 2.05 bits per heavy atom. The van der Waals surface area contributed by atoms with Crippen LogP contribution in [0.25, 0.3) is 0 Å². The molecule has 1 aromatic carbocycles. The van der Waals surface area contributed by atoms with E-state index in [2.05, 4.69) is 22.0 Å². The second-order valence-electron chi connectivity index (χ2n) is 5.54. The molecule has 0 saturated carbocycles. The van der Waals surface area contributed by atoms with Gasteiger partial charge in [-0.25, -0.2) is 0 Å². The number of carbonyl (C=O) groups excluding carboxylic acids is 1. The van der Waals surface area contributed by atoms with E-state index in [9.17, 15) is 4.79 Å². The van der Waals surface area contributed by atoms with Crippen LogP contribution in [0.5, 0.6) is 0 Å². The van der Waals surface area contributed by atoms with E-state index in [1.165, 1.54) is 0 Å². The predicted molar refractivity (Wildman–Crippen MR) is 86.1 cm³/mol. The molecule has 0 aromatic heterocycles. The molecule has 1 aliphatic heterocycles. The van der Waals surface area contributed by atoms with Crippen LogP contribution >= 0.6 is 0 Å². The zero-order valence-corrected chi connectivity index (χ0v) is 13.0. The van der Waals surface area contributed by atoms with E-state index in [4.69, 9.17) is 5.73 Å². The van der Waals surface area contributed by atoms with Gasteiger partial charge in [0.05, 0.1) is 6.04 Å². The van der Waals surface area contributed by atoms with Crippen molar-refractivity contribution in [1.82, 2.24) is 9.80 Å². The first-order valence-corrected chi connectivity index (χ1v) is 7.70. The van der Waals surface area contributed by atoms with Crippen molar-refractivity contribution in [3.05, 3.63) is 29.8 Å². The number of piperazine rings is 1. The molecular weight excluding hydrogens is 264 g/mol. The Hall–Kier alpha value is -1.43. The Morgan fingerprint density at radius 1 is 1.33 bits per heavy atom. The Kier molecular flexibility index (Phi) is 5.73. The highest BCUT2D eigenvalue weighted by Crippen LogP contribution is 2.13. The number of hydrogen-bond acceptors (Lipinski definition) is 4. The van der Waals surface area contributed by atoms with E-state index < -0.39 is 0 Å². The molecule has 116 valence electrons. The van der Waals surface area contributed by atoms with Gasteiger partial charge < -0.3 is 16.0 Å². The van der Waals surface area contributed by atoms with Crippen LogP contribution in [0.15, 0.2) is 24.3 Å². The third-order valence-electron chi connectivity index (χ3n) is 4.21. The number of nitrogens with zero attached hydrogens (tertiary/aromatic N) is 2. The number of amides is 1. The molecule has 3 N–H and O–H groups in total. The maximum atomic E-state index is 12.4. The first-order valence-electron chi connectivity index (χ1n) is 7.70. The summed E-state index contributed by atoms with van der Waals surface area (Å²) in [4.78, 5) is 17.0. The molecule has 5 heteroatoms. The summed E-state index contributed by atoms with van der Waals surface area (Å²) in [5.41, 5.74) is 7.47. The van der Waals surface area contributed by atoms with Gasteiger partial charge in [-0.2, -0.15) is 0 Å². The van der Waals surface area contributed by atoms with E-state index in [-0.39, 0.29) is 11.9 Å². The van der Waals surface area contributed by atoms with Crippen molar-refractivity contribution >= 4 is 11.6 Å². The number of carbonyl (C=O) groups is 1. The lowest BCUT2D eigenvalue weighted by Crippen LogP contribution is -2.52. The number of nitrogens with two attached hydrogens (primary N) is 1. The molecule has 0 bridgehead atoms.